The molecule has 0 bridgehead atoms. The van der Waals surface area contributed by atoms with E-state index < -0.39 is 0 Å². The van der Waals surface area contributed by atoms with Crippen LogP contribution in [-0.4, -0.2) is 18.5 Å². The number of nitrogen functional groups attached to an aromatic ring is 1. The number of hydrogen-bond donors (Lipinski definition) is 1. The second kappa shape index (κ2) is 5.01. The maximum absolute atomic E-state index is 5.85. The first-order valence-electron chi connectivity index (χ1n) is 5.17. The van der Waals surface area contributed by atoms with Gasteiger partial charge in [-0.25, -0.2) is 0 Å². The predicted octanol–water partition coefficient (Wildman–Crippen LogP) is 2.42. The van der Waals surface area contributed by atoms with Crippen molar-refractivity contribution < 1.29 is 0 Å². The van der Waals surface area contributed by atoms with Crippen molar-refractivity contribution in [3.8, 4) is 0 Å². The summed E-state index contributed by atoms with van der Waals surface area (Å²) in [6, 6.07) is 6.31. The molecule has 78 valence electrons. The predicted molar refractivity (Wildman–Crippen MR) is 62.2 cm³/mol. The first-order valence-corrected chi connectivity index (χ1v) is 5.17. The van der Waals surface area contributed by atoms with Crippen molar-refractivity contribution in [1.82, 2.24) is 4.90 Å². The monoisotopic (exact) mass is 192 g/mol. The zero-order valence-electron chi connectivity index (χ0n) is 9.38. The highest BCUT2D eigenvalue weighted by Gasteiger charge is 2.00. The molecule has 1 aromatic carbocycles. The van der Waals surface area contributed by atoms with Crippen molar-refractivity contribution in [2.45, 2.75) is 26.8 Å². The molecule has 1 rings (SSSR count). The van der Waals surface area contributed by atoms with Gasteiger partial charge in [-0.15, -0.1) is 0 Å². The van der Waals surface area contributed by atoms with Crippen LogP contribution in [0.1, 0.15) is 24.5 Å². The van der Waals surface area contributed by atoms with Gasteiger partial charge in [0.1, 0.15) is 0 Å². The van der Waals surface area contributed by atoms with Crippen LogP contribution in [0.15, 0.2) is 18.2 Å². The number of hydrogen-bond acceptors (Lipinski definition) is 2. The minimum Gasteiger partial charge on any atom is -0.399 e. The maximum Gasteiger partial charge on any atom is 0.0346 e. The molecule has 0 aliphatic carbocycles. The van der Waals surface area contributed by atoms with Gasteiger partial charge in [-0.2, -0.15) is 0 Å². The van der Waals surface area contributed by atoms with Crippen LogP contribution in [0.25, 0.3) is 0 Å². The average molecular weight is 192 g/mol. The van der Waals surface area contributed by atoms with Crippen LogP contribution in [0.2, 0.25) is 0 Å². The number of aryl methyl sites for hydroxylation is 1. The van der Waals surface area contributed by atoms with Crippen LogP contribution in [-0.2, 0) is 6.54 Å². The first kappa shape index (κ1) is 11.1. The minimum absolute atomic E-state index is 0.896. The average Bonchev–Trinajstić information content (AvgIpc) is 2.12. The molecule has 0 radical (unpaired) electrons. The molecular formula is C12H20N2. The normalized spacial score (nSPS) is 10.9. The third-order valence-electron chi connectivity index (χ3n) is 2.40. The molecule has 2 heteroatoms. The first-order chi connectivity index (χ1) is 6.63. The van der Waals surface area contributed by atoms with E-state index in [1.54, 1.807) is 0 Å². The van der Waals surface area contributed by atoms with Crippen LogP contribution in [0.4, 0.5) is 5.69 Å². The summed E-state index contributed by atoms with van der Waals surface area (Å²) >= 11 is 0. The molecule has 1 aromatic rings. The van der Waals surface area contributed by atoms with E-state index in [4.69, 9.17) is 5.73 Å². The van der Waals surface area contributed by atoms with E-state index >= 15 is 0 Å². The van der Waals surface area contributed by atoms with Gasteiger partial charge in [0.05, 0.1) is 0 Å². The molecule has 14 heavy (non-hydrogen) atoms. The van der Waals surface area contributed by atoms with Crippen LogP contribution in [0.3, 0.4) is 0 Å². The van der Waals surface area contributed by atoms with Crippen LogP contribution < -0.4 is 5.73 Å². The molecule has 0 fully saturated rings. The topological polar surface area (TPSA) is 29.3 Å². The summed E-state index contributed by atoms with van der Waals surface area (Å²) in [4.78, 5) is 2.31. The second-order valence-corrected chi connectivity index (χ2v) is 3.93. The van der Waals surface area contributed by atoms with E-state index in [9.17, 15) is 0 Å². The van der Waals surface area contributed by atoms with Crippen molar-refractivity contribution in [2.24, 2.45) is 0 Å². The van der Waals surface area contributed by atoms with E-state index in [-0.39, 0.29) is 0 Å². The standard InChI is InChI=1S/C12H20N2/c1-4-7-14(3)9-11-6-5-10(2)12(13)8-11/h5-6,8H,4,7,9,13H2,1-3H3. The summed E-state index contributed by atoms with van der Waals surface area (Å²) in [6.07, 6.45) is 1.19. The largest absolute Gasteiger partial charge is 0.399 e. The highest BCUT2D eigenvalue weighted by Crippen LogP contribution is 2.14. The fourth-order valence-electron chi connectivity index (χ4n) is 1.56. The lowest BCUT2D eigenvalue weighted by Crippen LogP contribution is -2.18. The number of benzene rings is 1. The zero-order chi connectivity index (χ0) is 10.6. The quantitative estimate of drug-likeness (QED) is 0.742. The Kier molecular flexibility index (Phi) is 3.96. The summed E-state index contributed by atoms with van der Waals surface area (Å²) in [5, 5.41) is 0. The molecule has 2 nitrogen and oxygen atoms in total. The third-order valence-corrected chi connectivity index (χ3v) is 2.40. The molecule has 0 aromatic heterocycles. The Labute approximate surface area is 86.7 Å². The Morgan fingerprint density at radius 1 is 1.36 bits per heavy atom. The van der Waals surface area contributed by atoms with Crippen molar-refractivity contribution in [3.05, 3.63) is 29.3 Å². The molecule has 2 N–H and O–H groups in total. The summed E-state index contributed by atoms with van der Waals surface area (Å²) in [5.74, 6) is 0. The van der Waals surface area contributed by atoms with Gasteiger partial charge in [0.2, 0.25) is 0 Å². The highest BCUT2D eigenvalue weighted by molar-refractivity contribution is 5.48. The van der Waals surface area contributed by atoms with Crippen LogP contribution >= 0.6 is 0 Å². The fourth-order valence-corrected chi connectivity index (χ4v) is 1.56. The molecule has 0 amide bonds. The molecule has 0 saturated carbocycles. The lowest BCUT2D eigenvalue weighted by atomic mass is 10.1. The maximum atomic E-state index is 5.85. The molecule has 0 unspecified atom stereocenters. The summed E-state index contributed by atoms with van der Waals surface area (Å²) in [5.41, 5.74) is 9.20. The van der Waals surface area contributed by atoms with Gasteiger partial charge in [0, 0.05) is 12.2 Å². The van der Waals surface area contributed by atoms with Crippen molar-refractivity contribution in [2.75, 3.05) is 19.3 Å². The third kappa shape index (κ3) is 3.04. The minimum atomic E-state index is 0.896. The Morgan fingerprint density at radius 2 is 2.07 bits per heavy atom. The smallest absolute Gasteiger partial charge is 0.0346 e. The van der Waals surface area contributed by atoms with Crippen LogP contribution in [0, 0.1) is 6.92 Å². The Hall–Kier alpha value is -1.02. The van der Waals surface area contributed by atoms with Crippen molar-refractivity contribution in [1.29, 1.82) is 0 Å². The Morgan fingerprint density at radius 3 is 2.64 bits per heavy atom. The lowest BCUT2D eigenvalue weighted by molar-refractivity contribution is 0.327. The van der Waals surface area contributed by atoms with Gasteiger partial charge in [0.25, 0.3) is 0 Å². The number of anilines is 1. The van der Waals surface area contributed by atoms with Gasteiger partial charge in [-0.3, -0.25) is 0 Å². The van der Waals surface area contributed by atoms with Crippen molar-refractivity contribution in [3.63, 3.8) is 0 Å². The van der Waals surface area contributed by atoms with Crippen molar-refractivity contribution >= 4 is 5.69 Å². The van der Waals surface area contributed by atoms with E-state index in [1.807, 2.05) is 6.92 Å². The summed E-state index contributed by atoms with van der Waals surface area (Å²) in [7, 11) is 2.14. The number of rotatable bonds is 4. The molecular weight excluding hydrogens is 172 g/mol. The molecule has 0 saturated heterocycles. The number of nitrogens with two attached hydrogens (primary N) is 1. The Balaban J connectivity index is 2.63. The van der Waals surface area contributed by atoms with E-state index in [0.717, 1.165) is 24.3 Å². The van der Waals surface area contributed by atoms with Gasteiger partial charge in [0.15, 0.2) is 0 Å². The molecule has 0 atom stereocenters. The number of nitrogens with zero attached hydrogens (tertiary/aromatic N) is 1. The van der Waals surface area contributed by atoms with Gasteiger partial charge in [-0.1, -0.05) is 19.1 Å². The van der Waals surface area contributed by atoms with Gasteiger partial charge < -0.3 is 10.6 Å². The summed E-state index contributed by atoms with van der Waals surface area (Å²) in [6.45, 7) is 6.35. The highest BCUT2D eigenvalue weighted by atomic mass is 15.1. The zero-order valence-corrected chi connectivity index (χ0v) is 9.38. The van der Waals surface area contributed by atoms with E-state index in [2.05, 4.69) is 37.1 Å². The fraction of sp³-hybridized carbons (Fsp3) is 0.500. The summed E-state index contributed by atoms with van der Waals surface area (Å²) < 4.78 is 0. The van der Waals surface area contributed by atoms with E-state index in [1.165, 1.54) is 12.0 Å². The molecule has 0 aliphatic heterocycles. The van der Waals surface area contributed by atoms with Gasteiger partial charge in [-0.05, 0) is 44.1 Å². The lowest BCUT2D eigenvalue weighted by Gasteiger charge is -2.16. The molecule has 0 spiro atoms. The Bertz CT molecular complexity index is 294. The second-order valence-electron chi connectivity index (χ2n) is 3.93. The van der Waals surface area contributed by atoms with Crippen LogP contribution in [0.5, 0.6) is 0 Å². The molecule has 0 aliphatic rings. The molecule has 0 heterocycles. The van der Waals surface area contributed by atoms with Gasteiger partial charge >= 0.3 is 0 Å². The SMILES string of the molecule is CCCN(C)Cc1ccc(C)c(N)c1. The van der Waals surface area contributed by atoms with E-state index in [0.29, 0.717) is 0 Å².